The molecule has 4 heteroatoms. The van der Waals surface area contributed by atoms with Crippen molar-refractivity contribution in [3.8, 4) is 0 Å². The first-order valence-corrected chi connectivity index (χ1v) is 7.86. The van der Waals surface area contributed by atoms with Gasteiger partial charge in [0.25, 0.3) is 0 Å². The van der Waals surface area contributed by atoms with Gasteiger partial charge in [-0.1, -0.05) is 19.8 Å². The molecule has 0 bridgehead atoms. The number of rotatable bonds is 2. The molecule has 0 aromatic heterocycles. The van der Waals surface area contributed by atoms with Crippen LogP contribution in [0.2, 0.25) is 0 Å². The van der Waals surface area contributed by atoms with Gasteiger partial charge in [0.2, 0.25) is 5.91 Å². The first-order chi connectivity index (χ1) is 9.08. The number of carbonyl (C=O) groups excluding carboxylic acids is 1. The van der Waals surface area contributed by atoms with E-state index in [0.717, 1.165) is 45.4 Å². The van der Waals surface area contributed by atoms with Crippen LogP contribution in [-0.4, -0.2) is 54.0 Å². The maximum absolute atomic E-state index is 12.6. The second-order valence-electron chi connectivity index (χ2n) is 6.47. The minimum absolute atomic E-state index is 0.00750. The third-order valence-corrected chi connectivity index (χ3v) is 4.54. The van der Waals surface area contributed by atoms with Crippen molar-refractivity contribution in [1.29, 1.82) is 0 Å². The van der Waals surface area contributed by atoms with Crippen molar-refractivity contribution in [3.05, 3.63) is 0 Å². The molecule has 110 valence electrons. The maximum atomic E-state index is 12.6. The molecule has 2 fully saturated rings. The van der Waals surface area contributed by atoms with Crippen LogP contribution in [0.4, 0.5) is 0 Å². The monoisotopic (exact) mass is 267 g/mol. The highest BCUT2D eigenvalue weighted by Crippen LogP contribution is 2.19. The second kappa shape index (κ2) is 6.71. The van der Waals surface area contributed by atoms with Gasteiger partial charge < -0.3 is 10.6 Å². The highest BCUT2D eigenvalue weighted by atomic mass is 16.2. The largest absolute Gasteiger partial charge is 0.341 e. The predicted octanol–water partition coefficient (Wildman–Crippen LogP) is 1.45. The minimum atomic E-state index is -0.00750. The molecule has 0 aliphatic carbocycles. The molecular weight excluding hydrogens is 238 g/mol. The average Bonchev–Trinajstić information content (AvgIpc) is 2.64. The lowest BCUT2D eigenvalue weighted by Crippen LogP contribution is -2.55. The lowest BCUT2D eigenvalue weighted by molar-refractivity contribution is -0.137. The summed E-state index contributed by atoms with van der Waals surface area (Å²) in [6.07, 6.45) is 5.94. The molecule has 0 aromatic carbocycles. The van der Waals surface area contributed by atoms with E-state index in [9.17, 15) is 4.79 Å². The van der Waals surface area contributed by atoms with Crippen LogP contribution in [0.5, 0.6) is 0 Å². The molecule has 2 aliphatic heterocycles. The molecule has 0 radical (unpaired) electrons. The van der Waals surface area contributed by atoms with Crippen molar-refractivity contribution in [2.24, 2.45) is 11.7 Å². The Kier molecular flexibility index (Phi) is 5.22. The molecule has 1 amide bonds. The van der Waals surface area contributed by atoms with Crippen molar-refractivity contribution < 1.29 is 4.79 Å². The van der Waals surface area contributed by atoms with Gasteiger partial charge in [0, 0.05) is 32.2 Å². The molecule has 3 atom stereocenters. The summed E-state index contributed by atoms with van der Waals surface area (Å²) in [6, 6.07) is 0.218. The van der Waals surface area contributed by atoms with Gasteiger partial charge in [-0.2, -0.15) is 0 Å². The number of hydrogen-bond donors (Lipinski definition) is 1. The minimum Gasteiger partial charge on any atom is -0.341 e. The van der Waals surface area contributed by atoms with E-state index in [-0.39, 0.29) is 12.1 Å². The van der Waals surface area contributed by atoms with E-state index in [1.54, 1.807) is 0 Å². The Morgan fingerprint density at radius 3 is 2.37 bits per heavy atom. The lowest BCUT2D eigenvalue weighted by atomic mass is 9.95. The Bertz CT molecular complexity index is 290. The zero-order valence-electron chi connectivity index (χ0n) is 12.5. The van der Waals surface area contributed by atoms with Crippen molar-refractivity contribution >= 4 is 5.91 Å². The van der Waals surface area contributed by atoms with Gasteiger partial charge in [-0.05, 0) is 32.1 Å². The van der Waals surface area contributed by atoms with E-state index < -0.39 is 0 Å². The smallest absolute Gasteiger partial charge is 0.239 e. The van der Waals surface area contributed by atoms with Crippen LogP contribution in [0.15, 0.2) is 0 Å². The van der Waals surface area contributed by atoms with Gasteiger partial charge in [-0.3, -0.25) is 9.69 Å². The first-order valence-electron chi connectivity index (χ1n) is 7.86. The normalized spacial score (nSPS) is 31.8. The van der Waals surface area contributed by atoms with Crippen LogP contribution in [0.25, 0.3) is 0 Å². The molecule has 2 heterocycles. The molecule has 19 heavy (non-hydrogen) atoms. The van der Waals surface area contributed by atoms with Crippen LogP contribution in [0, 0.1) is 5.92 Å². The fourth-order valence-electron chi connectivity index (χ4n) is 3.47. The molecule has 0 spiro atoms. The number of piperidine rings is 1. The fraction of sp³-hybridized carbons (Fsp3) is 0.933. The Balaban J connectivity index is 1.93. The fourth-order valence-corrected chi connectivity index (χ4v) is 3.47. The van der Waals surface area contributed by atoms with Crippen LogP contribution in [0.1, 0.15) is 46.0 Å². The van der Waals surface area contributed by atoms with Crippen molar-refractivity contribution in [2.75, 3.05) is 26.2 Å². The second-order valence-corrected chi connectivity index (χ2v) is 6.47. The van der Waals surface area contributed by atoms with Crippen LogP contribution in [0.3, 0.4) is 0 Å². The molecule has 0 saturated carbocycles. The van der Waals surface area contributed by atoms with Crippen molar-refractivity contribution in [1.82, 2.24) is 9.80 Å². The van der Waals surface area contributed by atoms with Gasteiger partial charge in [0.05, 0.1) is 6.04 Å². The zero-order valence-corrected chi connectivity index (χ0v) is 12.5. The number of nitrogens with zero attached hydrogens (tertiary/aromatic N) is 2. The van der Waals surface area contributed by atoms with E-state index in [2.05, 4.69) is 23.6 Å². The lowest BCUT2D eigenvalue weighted by Gasteiger charge is -2.39. The molecule has 4 nitrogen and oxygen atoms in total. The number of amides is 1. The van der Waals surface area contributed by atoms with E-state index in [1.165, 1.54) is 12.8 Å². The standard InChI is InChI=1S/C15H29N3O/c1-12-9-14(16)11-18(10-12)13(2)15(19)17-7-5-3-4-6-8-17/h12-14H,3-11,16H2,1-2H3. The number of nitrogens with two attached hydrogens (primary N) is 1. The van der Waals surface area contributed by atoms with Crippen LogP contribution >= 0.6 is 0 Å². The summed E-state index contributed by atoms with van der Waals surface area (Å²) in [5.41, 5.74) is 6.09. The topological polar surface area (TPSA) is 49.6 Å². The van der Waals surface area contributed by atoms with E-state index in [4.69, 9.17) is 5.73 Å². The number of likely N-dealkylation sites (tertiary alicyclic amines) is 2. The molecule has 2 N–H and O–H groups in total. The molecule has 2 saturated heterocycles. The first kappa shape index (κ1) is 14.8. The maximum Gasteiger partial charge on any atom is 0.239 e. The summed E-state index contributed by atoms with van der Waals surface area (Å²) >= 11 is 0. The summed E-state index contributed by atoms with van der Waals surface area (Å²) in [4.78, 5) is 17.0. The van der Waals surface area contributed by atoms with Gasteiger partial charge in [0.15, 0.2) is 0 Å². The molecular formula is C15H29N3O. The third-order valence-electron chi connectivity index (χ3n) is 4.54. The van der Waals surface area contributed by atoms with Crippen LogP contribution in [-0.2, 0) is 4.79 Å². The third kappa shape index (κ3) is 3.93. The van der Waals surface area contributed by atoms with Gasteiger partial charge in [0.1, 0.15) is 0 Å². The Morgan fingerprint density at radius 1 is 1.16 bits per heavy atom. The zero-order chi connectivity index (χ0) is 13.8. The van der Waals surface area contributed by atoms with Crippen molar-refractivity contribution in [3.63, 3.8) is 0 Å². The Labute approximate surface area is 117 Å². The average molecular weight is 267 g/mol. The highest BCUT2D eigenvalue weighted by Gasteiger charge is 2.31. The Hall–Kier alpha value is -0.610. The molecule has 2 rings (SSSR count). The van der Waals surface area contributed by atoms with Gasteiger partial charge >= 0.3 is 0 Å². The van der Waals surface area contributed by atoms with E-state index in [0.29, 0.717) is 11.8 Å². The quantitative estimate of drug-likeness (QED) is 0.824. The SMILES string of the molecule is CC1CC(N)CN(C(C)C(=O)N2CCCCCC2)C1. The highest BCUT2D eigenvalue weighted by molar-refractivity contribution is 5.81. The summed E-state index contributed by atoms with van der Waals surface area (Å²) < 4.78 is 0. The summed E-state index contributed by atoms with van der Waals surface area (Å²) in [7, 11) is 0. The van der Waals surface area contributed by atoms with Crippen LogP contribution < -0.4 is 5.73 Å². The van der Waals surface area contributed by atoms with Gasteiger partial charge in [-0.15, -0.1) is 0 Å². The van der Waals surface area contributed by atoms with E-state index in [1.807, 2.05) is 0 Å². The van der Waals surface area contributed by atoms with Gasteiger partial charge in [-0.25, -0.2) is 0 Å². The summed E-state index contributed by atoms with van der Waals surface area (Å²) in [5.74, 6) is 0.909. The number of hydrogen-bond acceptors (Lipinski definition) is 3. The predicted molar refractivity (Wildman–Crippen MR) is 77.8 cm³/mol. The number of carbonyl (C=O) groups is 1. The molecule has 0 aromatic rings. The molecule has 2 aliphatic rings. The Morgan fingerprint density at radius 2 is 1.79 bits per heavy atom. The summed E-state index contributed by atoms with van der Waals surface area (Å²) in [5, 5.41) is 0. The van der Waals surface area contributed by atoms with E-state index >= 15 is 0 Å². The molecule has 3 unspecified atom stereocenters. The summed E-state index contributed by atoms with van der Waals surface area (Å²) in [6.45, 7) is 8.05. The van der Waals surface area contributed by atoms with Crippen molar-refractivity contribution in [2.45, 2.75) is 58.0 Å².